The maximum atomic E-state index is 13.0. The van der Waals surface area contributed by atoms with Gasteiger partial charge in [-0.2, -0.15) is 0 Å². The van der Waals surface area contributed by atoms with Crippen LogP contribution >= 0.6 is 0 Å². The minimum Gasteiger partial charge on any atom is -0.457 e. The molecule has 8 nitrogen and oxygen atoms in total. The van der Waals surface area contributed by atoms with Gasteiger partial charge in [0.25, 0.3) is 0 Å². The molecular weight excluding hydrogens is 693 g/mol. The van der Waals surface area contributed by atoms with Gasteiger partial charge < -0.3 is 18.9 Å². The number of Topliss-reactive ketones (excluding diaryl/α,β-unsaturated/α-hetero) is 2. The molecule has 0 fully saturated rings. The van der Waals surface area contributed by atoms with Gasteiger partial charge in [0.05, 0.1) is 11.1 Å². The van der Waals surface area contributed by atoms with Gasteiger partial charge in [-0.3, -0.25) is 9.59 Å². The van der Waals surface area contributed by atoms with E-state index in [1.54, 1.807) is 109 Å². The number of ketones is 2. The highest BCUT2D eigenvalue weighted by Gasteiger charge is 2.25. The molecule has 0 amide bonds. The lowest BCUT2D eigenvalue weighted by Gasteiger charge is -2.27. The van der Waals surface area contributed by atoms with Crippen LogP contribution in [0, 0.1) is 13.8 Å². The van der Waals surface area contributed by atoms with Crippen molar-refractivity contribution >= 4 is 23.5 Å². The van der Waals surface area contributed by atoms with Gasteiger partial charge in [0.2, 0.25) is 0 Å². The van der Waals surface area contributed by atoms with E-state index in [1.807, 2.05) is 38.1 Å². The summed E-state index contributed by atoms with van der Waals surface area (Å²) < 4.78 is 23.2. The molecule has 55 heavy (non-hydrogen) atoms. The zero-order chi connectivity index (χ0) is 39.3. The Bertz CT molecular complexity index is 2200. The van der Waals surface area contributed by atoms with Crippen molar-refractivity contribution < 1.29 is 38.1 Å². The average molecular weight is 733 g/mol. The Morgan fingerprint density at radius 1 is 0.418 bits per heavy atom. The van der Waals surface area contributed by atoms with Crippen LogP contribution in [0.15, 0.2) is 133 Å². The van der Waals surface area contributed by atoms with Gasteiger partial charge in [0.1, 0.15) is 34.5 Å². The van der Waals surface area contributed by atoms with E-state index in [9.17, 15) is 19.2 Å². The number of aryl methyl sites for hydroxylation is 2. The van der Waals surface area contributed by atoms with Crippen molar-refractivity contribution in [3.05, 3.63) is 178 Å². The number of rotatable bonds is 12. The van der Waals surface area contributed by atoms with E-state index in [-0.39, 0.29) is 11.6 Å². The largest absolute Gasteiger partial charge is 0.457 e. The highest BCUT2D eigenvalue weighted by Crippen LogP contribution is 2.36. The van der Waals surface area contributed by atoms with Crippen LogP contribution in [0.3, 0.4) is 0 Å². The molecule has 6 aromatic rings. The van der Waals surface area contributed by atoms with E-state index >= 15 is 0 Å². The number of hydrogen-bond acceptors (Lipinski definition) is 8. The van der Waals surface area contributed by atoms with Gasteiger partial charge in [-0.1, -0.05) is 38.1 Å². The van der Waals surface area contributed by atoms with E-state index in [1.165, 1.54) is 13.8 Å². The normalized spacial score (nSPS) is 11.0. The number of carbonyl (C=O) groups excluding carboxylic acids is 4. The van der Waals surface area contributed by atoms with Gasteiger partial charge in [0.15, 0.2) is 11.6 Å². The van der Waals surface area contributed by atoms with Crippen molar-refractivity contribution in [3.8, 4) is 34.5 Å². The lowest BCUT2D eigenvalue weighted by Crippen LogP contribution is -2.20. The predicted octanol–water partition coefficient (Wildman–Crippen LogP) is 11.1. The zero-order valence-corrected chi connectivity index (χ0v) is 31.5. The highest BCUT2D eigenvalue weighted by atomic mass is 16.5. The quantitative estimate of drug-likeness (QED) is 0.0695. The molecule has 0 aromatic heterocycles. The third kappa shape index (κ3) is 9.05. The minimum absolute atomic E-state index is 0.0191. The second-order valence-electron chi connectivity index (χ2n) is 13.8. The van der Waals surface area contributed by atoms with Gasteiger partial charge in [-0.15, -0.1) is 0 Å². The lowest BCUT2D eigenvalue weighted by molar-refractivity contribution is 0.0724. The molecular formula is C47H40O8. The number of benzene rings is 6. The summed E-state index contributed by atoms with van der Waals surface area (Å²) in [5, 5.41) is 0. The first-order valence-corrected chi connectivity index (χ1v) is 17.7. The molecule has 6 rings (SSSR count). The molecule has 0 unspecified atom stereocenters. The van der Waals surface area contributed by atoms with Crippen LogP contribution in [-0.2, 0) is 5.41 Å². The smallest absolute Gasteiger partial charge is 0.343 e. The third-order valence-electron chi connectivity index (χ3n) is 9.37. The molecule has 6 aromatic carbocycles. The van der Waals surface area contributed by atoms with Crippen molar-refractivity contribution in [1.82, 2.24) is 0 Å². The summed E-state index contributed by atoms with van der Waals surface area (Å²) in [7, 11) is 0. The SMILES string of the molecule is CC(=O)c1ccc(Oc2ccc(C(=O)Oc3ccc(C(C)(C)c4ccc(OC(=O)c5ccc(Oc6ccc(C(C)=O)cc6)cc5)c(C)c4)cc3C)cc2)cc1. The molecule has 0 heterocycles. The summed E-state index contributed by atoms with van der Waals surface area (Å²) in [6.07, 6.45) is 0. The van der Waals surface area contributed by atoms with Crippen molar-refractivity contribution in [3.63, 3.8) is 0 Å². The summed E-state index contributed by atoms with van der Waals surface area (Å²) >= 11 is 0. The van der Waals surface area contributed by atoms with Crippen LogP contribution in [-0.4, -0.2) is 23.5 Å². The summed E-state index contributed by atoms with van der Waals surface area (Å²) in [5.41, 5.74) is 5.17. The van der Waals surface area contributed by atoms with E-state index in [0.717, 1.165) is 22.3 Å². The van der Waals surface area contributed by atoms with Crippen LogP contribution in [0.2, 0.25) is 0 Å². The van der Waals surface area contributed by atoms with Crippen LogP contribution in [0.1, 0.15) is 91.4 Å². The van der Waals surface area contributed by atoms with Crippen LogP contribution in [0.4, 0.5) is 0 Å². The molecule has 0 spiro atoms. The number of esters is 2. The zero-order valence-electron chi connectivity index (χ0n) is 31.5. The van der Waals surface area contributed by atoms with Crippen LogP contribution in [0.25, 0.3) is 0 Å². The molecule has 0 aliphatic rings. The molecule has 0 aliphatic carbocycles. The van der Waals surface area contributed by atoms with Gasteiger partial charge in [0, 0.05) is 16.5 Å². The lowest BCUT2D eigenvalue weighted by atomic mass is 9.77. The topological polar surface area (TPSA) is 105 Å². The molecule has 0 bridgehead atoms. The van der Waals surface area contributed by atoms with E-state index in [4.69, 9.17) is 18.9 Å². The Balaban J connectivity index is 1.06. The van der Waals surface area contributed by atoms with Crippen molar-refractivity contribution in [2.75, 3.05) is 0 Å². The van der Waals surface area contributed by atoms with E-state index in [0.29, 0.717) is 56.8 Å². The molecule has 0 radical (unpaired) electrons. The monoisotopic (exact) mass is 732 g/mol. The Morgan fingerprint density at radius 3 is 0.982 bits per heavy atom. The Hall–Kier alpha value is -6.80. The number of hydrogen-bond donors (Lipinski definition) is 0. The van der Waals surface area contributed by atoms with Gasteiger partial charge in [-0.25, -0.2) is 9.59 Å². The van der Waals surface area contributed by atoms with Gasteiger partial charge >= 0.3 is 11.9 Å². The van der Waals surface area contributed by atoms with Crippen molar-refractivity contribution in [2.45, 2.75) is 47.0 Å². The molecule has 8 heteroatoms. The minimum atomic E-state index is -0.491. The second kappa shape index (κ2) is 16.1. The Labute approximate surface area is 320 Å². The third-order valence-corrected chi connectivity index (χ3v) is 9.37. The summed E-state index contributed by atoms with van der Waals surface area (Å²) in [5.74, 6) is 2.14. The first-order valence-electron chi connectivity index (χ1n) is 17.7. The molecule has 0 saturated heterocycles. The molecule has 0 saturated carbocycles. The molecule has 0 N–H and O–H groups in total. The van der Waals surface area contributed by atoms with E-state index < -0.39 is 17.4 Å². The summed E-state index contributed by atoms with van der Waals surface area (Å²) in [4.78, 5) is 49.1. The van der Waals surface area contributed by atoms with Crippen LogP contribution in [0.5, 0.6) is 34.5 Å². The maximum absolute atomic E-state index is 13.0. The standard InChI is InChI=1S/C47H40O8/c1-29-27-37(15-25-43(29)54-45(50)35-11-21-41(22-12-35)52-39-17-7-33(8-18-39)31(3)48)47(5,6)38-16-26-44(30(2)28-38)55-46(51)36-13-23-42(24-14-36)53-40-19-9-34(10-20-40)32(4)49/h7-28H,1-6H3. The number of carbonyl (C=O) groups is 4. The summed E-state index contributed by atoms with van der Waals surface area (Å²) in [6, 6.07) is 38.6. The van der Waals surface area contributed by atoms with E-state index in [2.05, 4.69) is 13.8 Å². The molecule has 0 aliphatic heterocycles. The van der Waals surface area contributed by atoms with Crippen LogP contribution < -0.4 is 18.9 Å². The van der Waals surface area contributed by atoms with Crippen molar-refractivity contribution in [1.29, 1.82) is 0 Å². The Morgan fingerprint density at radius 2 is 0.709 bits per heavy atom. The Kier molecular flexibility index (Phi) is 11.1. The number of ether oxygens (including phenoxy) is 4. The van der Waals surface area contributed by atoms with Gasteiger partial charge in [-0.05, 0) is 159 Å². The second-order valence-corrected chi connectivity index (χ2v) is 13.8. The fourth-order valence-electron chi connectivity index (χ4n) is 5.90. The predicted molar refractivity (Wildman–Crippen MR) is 210 cm³/mol. The molecule has 0 atom stereocenters. The highest BCUT2D eigenvalue weighted by molar-refractivity contribution is 5.95. The van der Waals surface area contributed by atoms with Crippen molar-refractivity contribution in [2.24, 2.45) is 0 Å². The first-order chi connectivity index (χ1) is 26.3. The molecule has 276 valence electrons. The first kappa shape index (κ1) is 37.9. The average Bonchev–Trinajstić information content (AvgIpc) is 3.17. The maximum Gasteiger partial charge on any atom is 0.343 e. The fourth-order valence-corrected chi connectivity index (χ4v) is 5.90. The fraction of sp³-hybridized carbons (Fsp3) is 0.149. The summed E-state index contributed by atoms with van der Waals surface area (Å²) in [6.45, 7) is 11.0.